The number of hydrogen-bond acceptors (Lipinski definition) is 4. The first-order chi connectivity index (χ1) is 8.49. The average Bonchev–Trinajstić information content (AvgIpc) is 2.83. The molecule has 0 saturated carbocycles. The molecule has 0 aliphatic carbocycles. The van der Waals surface area contributed by atoms with E-state index in [0.29, 0.717) is 17.7 Å². The van der Waals surface area contributed by atoms with Gasteiger partial charge in [0.2, 0.25) is 0 Å². The molecule has 2 heterocycles. The maximum Gasteiger partial charge on any atom is 0.129 e. The SMILES string of the molecule is CC(C)Cc1nc(-c2cn[nH]c2N)sc1C(C)C. The van der Waals surface area contributed by atoms with Gasteiger partial charge < -0.3 is 5.73 Å². The van der Waals surface area contributed by atoms with Crippen LogP contribution < -0.4 is 5.73 Å². The van der Waals surface area contributed by atoms with Gasteiger partial charge in [0.15, 0.2) is 0 Å². The molecule has 2 rings (SSSR count). The van der Waals surface area contributed by atoms with Crippen molar-refractivity contribution in [1.29, 1.82) is 0 Å². The van der Waals surface area contributed by atoms with Crippen LogP contribution in [0, 0.1) is 5.92 Å². The van der Waals surface area contributed by atoms with Crippen LogP contribution >= 0.6 is 11.3 Å². The molecule has 4 nitrogen and oxygen atoms in total. The van der Waals surface area contributed by atoms with Crippen LogP contribution in [-0.2, 0) is 6.42 Å². The molecule has 3 N–H and O–H groups in total. The number of nitrogens with zero attached hydrogens (tertiary/aromatic N) is 2. The van der Waals surface area contributed by atoms with Crippen molar-refractivity contribution < 1.29 is 0 Å². The molecule has 2 aromatic heterocycles. The van der Waals surface area contributed by atoms with Crippen LogP contribution in [-0.4, -0.2) is 15.2 Å². The summed E-state index contributed by atoms with van der Waals surface area (Å²) >= 11 is 1.73. The second-order valence-electron chi connectivity index (χ2n) is 5.28. The van der Waals surface area contributed by atoms with Gasteiger partial charge in [-0.05, 0) is 18.3 Å². The Kier molecular flexibility index (Phi) is 3.71. The number of H-pyrrole nitrogens is 1. The Morgan fingerprint density at radius 1 is 1.33 bits per heavy atom. The van der Waals surface area contributed by atoms with E-state index in [0.717, 1.165) is 17.0 Å². The Bertz CT molecular complexity index is 525. The summed E-state index contributed by atoms with van der Waals surface area (Å²) in [5, 5.41) is 7.69. The van der Waals surface area contributed by atoms with Crippen molar-refractivity contribution in [1.82, 2.24) is 15.2 Å². The summed E-state index contributed by atoms with van der Waals surface area (Å²) in [6.07, 6.45) is 2.76. The van der Waals surface area contributed by atoms with Crippen molar-refractivity contribution in [3.8, 4) is 10.6 Å². The van der Waals surface area contributed by atoms with Crippen LogP contribution in [0.2, 0.25) is 0 Å². The molecule has 0 unspecified atom stereocenters. The number of nitrogen functional groups attached to an aromatic ring is 1. The molecular formula is C13H20N4S. The zero-order valence-corrected chi connectivity index (χ0v) is 12.1. The van der Waals surface area contributed by atoms with Gasteiger partial charge in [-0.1, -0.05) is 27.7 Å². The molecule has 5 heteroatoms. The minimum absolute atomic E-state index is 0.498. The lowest BCUT2D eigenvalue weighted by atomic mass is 10.0. The molecule has 0 aliphatic rings. The Balaban J connectivity index is 2.42. The number of nitrogens with one attached hydrogen (secondary N) is 1. The van der Waals surface area contributed by atoms with E-state index in [9.17, 15) is 0 Å². The average molecular weight is 264 g/mol. The van der Waals surface area contributed by atoms with Gasteiger partial charge >= 0.3 is 0 Å². The predicted molar refractivity (Wildman–Crippen MR) is 76.7 cm³/mol. The number of anilines is 1. The van der Waals surface area contributed by atoms with Crippen molar-refractivity contribution in [3.05, 3.63) is 16.8 Å². The summed E-state index contributed by atoms with van der Waals surface area (Å²) in [7, 11) is 0. The molecule has 2 aromatic rings. The molecule has 0 radical (unpaired) electrons. The number of thiazole rings is 1. The summed E-state index contributed by atoms with van der Waals surface area (Å²) in [5.74, 6) is 1.70. The van der Waals surface area contributed by atoms with Gasteiger partial charge in [0.1, 0.15) is 10.8 Å². The normalized spacial score (nSPS) is 11.7. The van der Waals surface area contributed by atoms with E-state index in [1.54, 1.807) is 17.5 Å². The molecular weight excluding hydrogens is 244 g/mol. The van der Waals surface area contributed by atoms with Crippen molar-refractivity contribution in [2.75, 3.05) is 5.73 Å². The van der Waals surface area contributed by atoms with Crippen molar-refractivity contribution in [3.63, 3.8) is 0 Å². The Hall–Kier alpha value is -1.36. The van der Waals surface area contributed by atoms with Crippen LogP contribution in [0.3, 0.4) is 0 Å². The Morgan fingerprint density at radius 3 is 2.56 bits per heavy atom. The number of aromatic nitrogens is 3. The predicted octanol–water partition coefficient (Wildman–Crippen LogP) is 3.44. The standard InChI is InChI=1S/C13H20N4S/c1-7(2)5-10-11(8(3)4)18-13(16-10)9-6-15-17-12(9)14/h6-8H,5H2,1-4H3,(H3,14,15,17). The summed E-state index contributed by atoms with van der Waals surface area (Å²) in [4.78, 5) is 6.11. The number of rotatable bonds is 4. The molecule has 18 heavy (non-hydrogen) atoms. The maximum atomic E-state index is 5.86. The first-order valence-electron chi connectivity index (χ1n) is 6.27. The zero-order valence-electron chi connectivity index (χ0n) is 11.3. The van der Waals surface area contributed by atoms with Crippen LogP contribution in [0.5, 0.6) is 0 Å². The number of nitrogens with two attached hydrogens (primary N) is 1. The van der Waals surface area contributed by atoms with E-state index in [-0.39, 0.29) is 0 Å². The molecule has 0 spiro atoms. The van der Waals surface area contributed by atoms with Gasteiger partial charge in [-0.15, -0.1) is 11.3 Å². The summed E-state index contributed by atoms with van der Waals surface area (Å²) < 4.78 is 0. The van der Waals surface area contributed by atoms with E-state index in [4.69, 9.17) is 10.7 Å². The fourth-order valence-electron chi connectivity index (χ4n) is 1.93. The highest BCUT2D eigenvalue weighted by Crippen LogP contribution is 2.35. The fraction of sp³-hybridized carbons (Fsp3) is 0.538. The smallest absolute Gasteiger partial charge is 0.129 e. The molecule has 0 fully saturated rings. The molecule has 98 valence electrons. The van der Waals surface area contributed by atoms with Gasteiger partial charge in [-0.3, -0.25) is 5.10 Å². The number of aromatic amines is 1. The lowest BCUT2D eigenvalue weighted by Gasteiger charge is -2.06. The summed E-state index contributed by atoms with van der Waals surface area (Å²) in [6.45, 7) is 8.85. The quantitative estimate of drug-likeness (QED) is 0.889. The van der Waals surface area contributed by atoms with Gasteiger partial charge in [0.25, 0.3) is 0 Å². The molecule has 0 aliphatic heterocycles. The largest absolute Gasteiger partial charge is 0.383 e. The van der Waals surface area contributed by atoms with E-state index >= 15 is 0 Å². The topological polar surface area (TPSA) is 67.6 Å². The highest BCUT2D eigenvalue weighted by molar-refractivity contribution is 7.15. The van der Waals surface area contributed by atoms with Gasteiger partial charge in [-0.2, -0.15) is 5.10 Å². The highest BCUT2D eigenvalue weighted by Gasteiger charge is 2.18. The third-order valence-corrected chi connectivity index (χ3v) is 4.18. The van der Waals surface area contributed by atoms with E-state index in [1.807, 2.05) is 0 Å². The van der Waals surface area contributed by atoms with Crippen LogP contribution in [0.4, 0.5) is 5.82 Å². The second kappa shape index (κ2) is 5.10. The minimum Gasteiger partial charge on any atom is -0.383 e. The molecule has 0 amide bonds. The first-order valence-corrected chi connectivity index (χ1v) is 7.09. The van der Waals surface area contributed by atoms with Gasteiger partial charge in [0, 0.05) is 4.88 Å². The van der Waals surface area contributed by atoms with Crippen molar-refractivity contribution in [2.24, 2.45) is 5.92 Å². The first kappa shape index (κ1) is 13.1. The molecule has 0 aromatic carbocycles. The lowest BCUT2D eigenvalue weighted by molar-refractivity contribution is 0.630. The third-order valence-electron chi connectivity index (χ3n) is 2.75. The fourth-order valence-corrected chi connectivity index (χ4v) is 3.05. The monoisotopic (exact) mass is 264 g/mol. The number of hydrogen-bond donors (Lipinski definition) is 2. The zero-order chi connectivity index (χ0) is 13.3. The third kappa shape index (κ3) is 2.56. The van der Waals surface area contributed by atoms with Crippen LogP contribution in [0.15, 0.2) is 6.20 Å². The lowest BCUT2D eigenvalue weighted by Crippen LogP contribution is -1.99. The van der Waals surface area contributed by atoms with Crippen LogP contribution in [0.25, 0.3) is 10.6 Å². The minimum atomic E-state index is 0.498. The van der Waals surface area contributed by atoms with Gasteiger partial charge in [0.05, 0.1) is 17.5 Å². The van der Waals surface area contributed by atoms with Gasteiger partial charge in [-0.25, -0.2) is 4.98 Å². The Morgan fingerprint density at radius 2 is 2.06 bits per heavy atom. The van der Waals surface area contributed by atoms with E-state index in [2.05, 4.69) is 37.9 Å². The van der Waals surface area contributed by atoms with Crippen molar-refractivity contribution in [2.45, 2.75) is 40.0 Å². The Labute approximate surface area is 112 Å². The van der Waals surface area contributed by atoms with Crippen LogP contribution in [0.1, 0.15) is 44.2 Å². The molecule has 0 saturated heterocycles. The van der Waals surface area contributed by atoms with E-state index < -0.39 is 0 Å². The summed E-state index contributed by atoms with van der Waals surface area (Å²) in [6, 6.07) is 0. The van der Waals surface area contributed by atoms with E-state index in [1.165, 1.54) is 10.6 Å². The van der Waals surface area contributed by atoms with Crippen molar-refractivity contribution >= 4 is 17.2 Å². The maximum absolute atomic E-state index is 5.86. The second-order valence-corrected chi connectivity index (χ2v) is 6.31. The molecule has 0 atom stereocenters. The summed E-state index contributed by atoms with van der Waals surface area (Å²) in [5.41, 5.74) is 7.98. The molecule has 0 bridgehead atoms. The highest BCUT2D eigenvalue weighted by atomic mass is 32.1.